The van der Waals surface area contributed by atoms with Gasteiger partial charge in [-0.05, 0) is 12.5 Å². The number of aliphatic hydroxyl groups is 2. The highest BCUT2D eigenvalue weighted by atomic mass is 35.5. The first-order valence-electron chi connectivity index (χ1n) is 5.32. The molecule has 1 aromatic rings. The molecule has 0 aliphatic rings. The summed E-state index contributed by atoms with van der Waals surface area (Å²) in [5.74, 6) is 0.686. The lowest BCUT2D eigenvalue weighted by Crippen LogP contribution is -2.19. The number of aliphatic hydroxyl groups excluding tert-OH is 2. The number of nitrogens with two attached hydrogens (primary N) is 1. The summed E-state index contributed by atoms with van der Waals surface area (Å²) < 4.78 is 0. The molecule has 0 amide bonds. The molecule has 2 unspecified atom stereocenters. The fraction of sp³-hybridized carbons (Fsp3) is 0.455. The molecule has 1 heterocycles. The van der Waals surface area contributed by atoms with E-state index in [0.29, 0.717) is 11.3 Å². The zero-order valence-corrected chi connectivity index (χ0v) is 11.4. The second-order valence-electron chi connectivity index (χ2n) is 3.77. The zero-order valence-electron chi connectivity index (χ0n) is 9.84. The third-order valence-corrected chi connectivity index (χ3v) is 3.48. The number of nitrogen functional groups attached to an aromatic ring is 1. The monoisotopic (exact) mass is 290 g/mol. The normalized spacial score (nSPS) is 14.2. The van der Waals surface area contributed by atoms with E-state index in [1.165, 1.54) is 19.2 Å². The van der Waals surface area contributed by atoms with E-state index < -0.39 is 12.2 Å². The molecule has 0 saturated carbocycles. The summed E-state index contributed by atoms with van der Waals surface area (Å²) in [5.41, 5.74) is 5.76. The smallest absolute Gasteiger partial charge is 0.185 e. The summed E-state index contributed by atoms with van der Waals surface area (Å²) in [4.78, 5) is 14.5. The highest BCUT2D eigenvalue weighted by Crippen LogP contribution is 2.27. The summed E-state index contributed by atoms with van der Waals surface area (Å²) in [6.07, 6.45) is -0.520. The molecule has 100 valence electrons. The lowest BCUT2D eigenvalue weighted by molar-refractivity contribution is -0.109. The van der Waals surface area contributed by atoms with Gasteiger partial charge in [-0.15, -0.1) is 0 Å². The van der Waals surface area contributed by atoms with E-state index in [4.69, 9.17) is 17.3 Å². The van der Waals surface area contributed by atoms with Crippen molar-refractivity contribution in [1.29, 1.82) is 0 Å². The molecule has 0 radical (unpaired) electrons. The largest absolute Gasteiger partial charge is 0.390 e. The third-order valence-electron chi connectivity index (χ3n) is 2.31. The van der Waals surface area contributed by atoms with E-state index in [-0.39, 0.29) is 22.4 Å². The van der Waals surface area contributed by atoms with Gasteiger partial charge in [0.05, 0.1) is 11.1 Å². The van der Waals surface area contributed by atoms with Crippen molar-refractivity contribution in [2.24, 2.45) is 0 Å². The number of aromatic nitrogens is 1. The summed E-state index contributed by atoms with van der Waals surface area (Å²) in [6, 6.07) is 1.41. The second-order valence-corrected chi connectivity index (χ2v) is 5.45. The van der Waals surface area contributed by atoms with Crippen molar-refractivity contribution in [3.8, 4) is 0 Å². The Morgan fingerprint density at radius 1 is 1.61 bits per heavy atom. The van der Waals surface area contributed by atoms with Crippen LogP contribution in [0.5, 0.6) is 0 Å². The highest BCUT2D eigenvalue weighted by Gasteiger charge is 2.21. The molecule has 0 bridgehead atoms. The van der Waals surface area contributed by atoms with E-state index in [9.17, 15) is 15.0 Å². The standard InChI is InChI=1S/C11H15ClN2O3S/c1-6(15)18-3-2-9(16)11(17)7-5-14-10(13)4-8(7)12/h4-5,9,11,16-17H,2-3H2,1H3,(H2,13,14). The van der Waals surface area contributed by atoms with Crippen LogP contribution in [0.1, 0.15) is 25.0 Å². The van der Waals surface area contributed by atoms with Crippen molar-refractivity contribution in [1.82, 2.24) is 4.98 Å². The molecule has 0 saturated heterocycles. The van der Waals surface area contributed by atoms with E-state index >= 15 is 0 Å². The van der Waals surface area contributed by atoms with E-state index in [1.807, 2.05) is 0 Å². The van der Waals surface area contributed by atoms with Crippen LogP contribution in [0.2, 0.25) is 5.02 Å². The molecule has 1 aromatic heterocycles. The Morgan fingerprint density at radius 3 is 2.83 bits per heavy atom. The van der Waals surface area contributed by atoms with Crippen LogP contribution in [0, 0.1) is 0 Å². The highest BCUT2D eigenvalue weighted by molar-refractivity contribution is 8.13. The molecule has 5 nitrogen and oxygen atoms in total. The summed E-state index contributed by atoms with van der Waals surface area (Å²) in [5, 5.41) is 19.9. The number of carbonyl (C=O) groups excluding carboxylic acids is 1. The number of halogens is 1. The predicted octanol–water partition coefficient (Wildman–Crippen LogP) is 1.38. The van der Waals surface area contributed by atoms with Gasteiger partial charge in [0.1, 0.15) is 11.9 Å². The predicted molar refractivity (Wildman–Crippen MR) is 72.4 cm³/mol. The van der Waals surface area contributed by atoms with Gasteiger partial charge in [-0.1, -0.05) is 23.4 Å². The Bertz CT molecular complexity index is 431. The Kier molecular flexibility index (Phi) is 5.87. The number of nitrogens with zero attached hydrogens (tertiary/aromatic N) is 1. The van der Waals surface area contributed by atoms with Crippen LogP contribution in [0.4, 0.5) is 5.82 Å². The number of thioether (sulfide) groups is 1. The van der Waals surface area contributed by atoms with Crippen LogP contribution in [0.3, 0.4) is 0 Å². The van der Waals surface area contributed by atoms with Crippen LogP contribution >= 0.6 is 23.4 Å². The quantitative estimate of drug-likeness (QED) is 0.758. The van der Waals surface area contributed by atoms with Gasteiger partial charge in [0, 0.05) is 24.4 Å². The molecular weight excluding hydrogens is 276 g/mol. The average Bonchev–Trinajstić information content (AvgIpc) is 2.27. The number of anilines is 1. The molecule has 0 aliphatic heterocycles. The van der Waals surface area contributed by atoms with Crippen LogP contribution < -0.4 is 5.73 Å². The minimum atomic E-state index is -1.14. The van der Waals surface area contributed by atoms with Gasteiger partial charge >= 0.3 is 0 Å². The van der Waals surface area contributed by atoms with Crippen molar-refractivity contribution in [3.05, 3.63) is 22.8 Å². The molecule has 0 aliphatic carbocycles. The number of rotatable bonds is 5. The molecule has 0 fully saturated rings. The first kappa shape index (κ1) is 15.2. The molecule has 18 heavy (non-hydrogen) atoms. The summed E-state index contributed by atoms with van der Waals surface area (Å²) in [7, 11) is 0. The molecule has 2 atom stereocenters. The van der Waals surface area contributed by atoms with E-state index in [0.717, 1.165) is 11.8 Å². The van der Waals surface area contributed by atoms with Crippen LogP contribution in [0.15, 0.2) is 12.3 Å². The van der Waals surface area contributed by atoms with Gasteiger partial charge in [-0.3, -0.25) is 4.79 Å². The van der Waals surface area contributed by atoms with Gasteiger partial charge < -0.3 is 15.9 Å². The van der Waals surface area contributed by atoms with Gasteiger partial charge in [0.2, 0.25) is 0 Å². The Morgan fingerprint density at radius 2 is 2.28 bits per heavy atom. The number of carbonyl (C=O) groups is 1. The van der Waals surface area contributed by atoms with Gasteiger partial charge in [0.15, 0.2) is 5.12 Å². The first-order valence-corrected chi connectivity index (χ1v) is 6.68. The maximum Gasteiger partial charge on any atom is 0.185 e. The first-order chi connectivity index (χ1) is 8.41. The van der Waals surface area contributed by atoms with Gasteiger partial charge in [-0.25, -0.2) is 4.98 Å². The fourth-order valence-electron chi connectivity index (χ4n) is 1.36. The zero-order chi connectivity index (χ0) is 13.7. The fourth-order valence-corrected chi connectivity index (χ4v) is 2.28. The van der Waals surface area contributed by atoms with E-state index in [1.54, 1.807) is 0 Å². The Balaban J connectivity index is 2.62. The molecule has 0 spiro atoms. The summed E-state index contributed by atoms with van der Waals surface area (Å²) in [6.45, 7) is 1.45. The summed E-state index contributed by atoms with van der Waals surface area (Å²) >= 11 is 7.00. The van der Waals surface area contributed by atoms with Crippen LogP contribution in [0.25, 0.3) is 0 Å². The number of hydrogen-bond acceptors (Lipinski definition) is 6. The number of pyridine rings is 1. The molecule has 0 aromatic carbocycles. The SMILES string of the molecule is CC(=O)SCCC(O)C(O)c1cnc(N)cc1Cl. The minimum absolute atomic E-state index is 0.0242. The van der Waals surface area contributed by atoms with Gasteiger partial charge in [-0.2, -0.15) is 0 Å². The number of hydrogen-bond donors (Lipinski definition) is 3. The van der Waals surface area contributed by atoms with Crippen molar-refractivity contribution >= 4 is 34.3 Å². The molecule has 1 rings (SSSR count). The average molecular weight is 291 g/mol. The topological polar surface area (TPSA) is 96.4 Å². The Labute approximate surface area is 114 Å². The van der Waals surface area contributed by atoms with Crippen LogP contribution in [-0.4, -0.2) is 32.2 Å². The second kappa shape index (κ2) is 6.94. The lowest BCUT2D eigenvalue weighted by atomic mass is 10.0. The molecule has 7 heteroatoms. The third kappa shape index (κ3) is 4.45. The van der Waals surface area contributed by atoms with E-state index in [2.05, 4.69) is 4.98 Å². The minimum Gasteiger partial charge on any atom is -0.390 e. The maximum absolute atomic E-state index is 10.7. The van der Waals surface area contributed by atoms with Crippen molar-refractivity contribution in [2.45, 2.75) is 25.6 Å². The van der Waals surface area contributed by atoms with Crippen LogP contribution in [-0.2, 0) is 4.79 Å². The maximum atomic E-state index is 10.7. The lowest BCUT2D eigenvalue weighted by Gasteiger charge is -2.18. The Hall–Kier alpha value is -0.820. The van der Waals surface area contributed by atoms with Crippen molar-refractivity contribution in [2.75, 3.05) is 11.5 Å². The molecule has 4 N–H and O–H groups in total. The molecular formula is C11H15ClN2O3S. The van der Waals surface area contributed by atoms with Crippen molar-refractivity contribution < 1.29 is 15.0 Å². The van der Waals surface area contributed by atoms with Crippen molar-refractivity contribution in [3.63, 3.8) is 0 Å². The van der Waals surface area contributed by atoms with Gasteiger partial charge in [0.25, 0.3) is 0 Å².